The molecule has 2 heterocycles. The second kappa shape index (κ2) is 4.96. The van der Waals surface area contributed by atoms with Crippen LogP contribution in [0.25, 0.3) is 0 Å². The first-order valence-corrected chi connectivity index (χ1v) is 6.39. The zero-order valence-corrected chi connectivity index (χ0v) is 11.0. The van der Waals surface area contributed by atoms with Crippen LogP contribution in [0.1, 0.15) is 25.5 Å². The molecule has 1 saturated heterocycles. The van der Waals surface area contributed by atoms with E-state index in [9.17, 15) is 0 Å². The summed E-state index contributed by atoms with van der Waals surface area (Å²) in [4.78, 5) is 2.47. The van der Waals surface area contributed by atoms with Gasteiger partial charge in [-0.15, -0.1) is 0 Å². The second-order valence-electron chi connectivity index (χ2n) is 4.85. The van der Waals surface area contributed by atoms with E-state index < -0.39 is 0 Å². The Morgan fingerprint density at radius 1 is 1.53 bits per heavy atom. The van der Waals surface area contributed by atoms with E-state index in [0.29, 0.717) is 6.04 Å². The van der Waals surface area contributed by atoms with Gasteiger partial charge in [0.2, 0.25) is 0 Å². The normalized spacial score (nSPS) is 21.7. The summed E-state index contributed by atoms with van der Waals surface area (Å²) in [6.45, 7) is 7.59. The summed E-state index contributed by atoms with van der Waals surface area (Å²) >= 11 is 0. The quantitative estimate of drug-likeness (QED) is 0.829. The predicted octanol–water partition coefficient (Wildman–Crippen LogP) is 1.21. The van der Waals surface area contributed by atoms with Crippen molar-refractivity contribution in [1.29, 1.82) is 0 Å². The Kier molecular flexibility index (Phi) is 3.57. The number of likely N-dealkylation sites (tertiary alicyclic amines) is 1. The molecule has 0 aliphatic carbocycles. The number of piperidine rings is 1. The lowest BCUT2D eigenvalue weighted by Gasteiger charge is -2.32. The van der Waals surface area contributed by atoms with Gasteiger partial charge in [0.15, 0.2) is 0 Å². The first-order chi connectivity index (χ1) is 8.11. The number of hydrogen-bond donors (Lipinski definition) is 2. The zero-order valence-electron chi connectivity index (χ0n) is 11.0. The summed E-state index contributed by atoms with van der Waals surface area (Å²) in [5.41, 5.74) is 7.71. The van der Waals surface area contributed by atoms with Gasteiger partial charge in [0, 0.05) is 19.6 Å². The Hall–Kier alpha value is -1.23. The second-order valence-corrected chi connectivity index (χ2v) is 4.85. The maximum Gasteiger partial charge on any atom is 0.148 e. The smallest absolute Gasteiger partial charge is 0.148 e. The van der Waals surface area contributed by atoms with Crippen LogP contribution in [0.4, 0.5) is 11.5 Å². The van der Waals surface area contributed by atoms with Crippen LogP contribution in [0.3, 0.4) is 0 Å². The minimum Gasteiger partial charge on any atom is -0.394 e. The average Bonchev–Trinajstić information content (AvgIpc) is 2.56. The number of likely N-dealkylation sites (N-methyl/N-ethyl adjacent to an activating group) is 1. The lowest BCUT2D eigenvalue weighted by atomic mass is 10.1. The standard InChI is InChI=1S/C12H23N5/c1-4-17-7-5-6-10(8-17)14-12-11(13)9(2)15-16(12)3/h10,14H,4-8,13H2,1-3H3. The van der Waals surface area contributed by atoms with E-state index in [-0.39, 0.29) is 0 Å². The summed E-state index contributed by atoms with van der Waals surface area (Å²) in [5.74, 6) is 0.963. The lowest BCUT2D eigenvalue weighted by molar-refractivity contribution is 0.226. The lowest BCUT2D eigenvalue weighted by Crippen LogP contribution is -2.42. The Balaban J connectivity index is 2.05. The maximum absolute atomic E-state index is 6.03. The van der Waals surface area contributed by atoms with Crippen molar-refractivity contribution in [2.45, 2.75) is 32.7 Å². The van der Waals surface area contributed by atoms with E-state index in [1.807, 2.05) is 18.7 Å². The van der Waals surface area contributed by atoms with Crippen LogP contribution in [-0.2, 0) is 7.05 Å². The van der Waals surface area contributed by atoms with Crippen molar-refractivity contribution in [2.75, 3.05) is 30.7 Å². The molecule has 96 valence electrons. The molecule has 0 bridgehead atoms. The summed E-state index contributed by atoms with van der Waals surface area (Å²) in [6.07, 6.45) is 2.46. The van der Waals surface area contributed by atoms with Gasteiger partial charge in [-0.05, 0) is 32.9 Å². The number of aromatic nitrogens is 2. The number of nitrogens with two attached hydrogens (primary N) is 1. The van der Waals surface area contributed by atoms with Crippen molar-refractivity contribution < 1.29 is 0 Å². The van der Waals surface area contributed by atoms with E-state index in [2.05, 4.69) is 22.2 Å². The number of nitrogens with one attached hydrogen (secondary N) is 1. The highest BCUT2D eigenvalue weighted by molar-refractivity contribution is 5.65. The molecule has 5 heteroatoms. The van der Waals surface area contributed by atoms with E-state index >= 15 is 0 Å². The van der Waals surface area contributed by atoms with Crippen molar-refractivity contribution in [3.63, 3.8) is 0 Å². The molecule has 1 fully saturated rings. The monoisotopic (exact) mass is 237 g/mol. The molecule has 17 heavy (non-hydrogen) atoms. The molecule has 5 nitrogen and oxygen atoms in total. The summed E-state index contributed by atoms with van der Waals surface area (Å²) in [5, 5.41) is 7.87. The van der Waals surface area contributed by atoms with Gasteiger partial charge in [-0.25, -0.2) is 0 Å². The number of anilines is 2. The highest BCUT2D eigenvalue weighted by Gasteiger charge is 2.21. The van der Waals surface area contributed by atoms with Crippen LogP contribution < -0.4 is 11.1 Å². The van der Waals surface area contributed by atoms with E-state index in [1.165, 1.54) is 19.4 Å². The minimum atomic E-state index is 0.487. The molecule has 0 aromatic carbocycles. The SMILES string of the molecule is CCN1CCCC(Nc2c(N)c(C)nn2C)C1. The molecule has 1 aliphatic rings. The van der Waals surface area contributed by atoms with Crippen molar-refractivity contribution in [3.8, 4) is 0 Å². The first kappa shape index (κ1) is 12.2. The molecule has 1 aromatic heterocycles. The first-order valence-electron chi connectivity index (χ1n) is 6.39. The molecule has 0 radical (unpaired) electrons. The third kappa shape index (κ3) is 2.54. The van der Waals surface area contributed by atoms with Crippen LogP contribution in [-0.4, -0.2) is 40.4 Å². The molecule has 3 N–H and O–H groups in total. The van der Waals surface area contributed by atoms with Crippen molar-refractivity contribution >= 4 is 11.5 Å². The number of nitrogen functional groups attached to an aromatic ring is 1. The minimum absolute atomic E-state index is 0.487. The zero-order chi connectivity index (χ0) is 12.4. The van der Waals surface area contributed by atoms with Crippen LogP contribution in [0.2, 0.25) is 0 Å². The molecule has 0 amide bonds. The largest absolute Gasteiger partial charge is 0.394 e. The third-order valence-corrected chi connectivity index (χ3v) is 3.56. The van der Waals surface area contributed by atoms with Crippen molar-refractivity contribution in [2.24, 2.45) is 7.05 Å². The number of nitrogens with zero attached hydrogens (tertiary/aromatic N) is 3. The number of rotatable bonds is 3. The van der Waals surface area contributed by atoms with Crippen LogP contribution in [0.15, 0.2) is 0 Å². The molecule has 0 saturated carbocycles. The topological polar surface area (TPSA) is 59.1 Å². The van der Waals surface area contributed by atoms with Gasteiger partial charge < -0.3 is 16.0 Å². The van der Waals surface area contributed by atoms with Crippen molar-refractivity contribution in [1.82, 2.24) is 14.7 Å². The Bertz CT molecular complexity index is 384. The van der Waals surface area contributed by atoms with Crippen LogP contribution >= 0.6 is 0 Å². The molecule has 1 atom stereocenters. The molecule has 2 rings (SSSR count). The van der Waals surface area contributed by atoms with E-state index in [1.54, 1.807) is 0 Å². The number of aryl methyl sites for hydroxylation is 2. The molecule has 1 unspecified atom stereocenters. The van der Waals surface area contributed by atoms with Crippen molar-refractivity contribution in [3.05, 3.63) is 5.69 Å². The van der Waals surface area contributed by atoms with Gasteiger partial charge in [-0.2, -0.15) is 5.10 Å². The maximum atomic E-state index is 6.03. The van der Waals surface area contributed by atoms with Gasteiger partial charge in [0.05, 0.1) is 11.4 Å². The summed E-state index contributed by atoms with van der Waals surface area (Å²) in [7, 11) is 1.94. The van der Waals surface area contributed by atoms with E-state index in [4.69, 9.17) is 5.73 Å². The van der Waals surface area contributed by atoms with Crippen LogP contribution in [0, 0.1) is 6.92 Å². The average molecular weight is 237 g/mol. The molecular formula is C12H23N5. The third-order valence-electron chi connectivity index (χ3n) is 3.56. The fourth-order valence-electron chi connectivity index (χ4n) is 2.50. The molecular weight excluding hydrogens is 214 g/mol. The molecule has 1 aliphatic heterocycles. The highest BCUT2D eigenvalue weighted by Crippen LogP contribution is 2.23. The van der Waals surface area contributed by atoms with Crippen LogP contribution in [0.5, 0.6) is 0 Å². The van der Waals surface area contributed by atoms with Gasteiger partial charge in [-0.1, -0.05) is 6.92 Å². The fraction of sp³-hybridized carbons (Fsp3) is 0.750. The highest BCUT2D eigenvalue weighted by atomic mass is 15.3. The Morgan fingerprint density at radius 3 is 2.88 bits per heavy atom. The van der Waals surface area contributed by atoms with Gasteiger partial charge in [0.1, 0.15) is 5.82 Å². The predicted molar refractivity (Wildman–Crippen MR) is 71.1 cm³/mol. The molecule has 0 spiro atoms. The fourth-order valence-corrected chi connectivity index (χ4v) is 2.50. The molecule has 1 aromatic rings. The van der Waals surface area contributed by atoms with Gasteiger partial charge in [-0.3, -0.25) is 4.68 Å². The Labute approximate surface area is 103 Å². The Morgan fingerprint density at radius 2 is 2.29 bits per heavy atom. The van der Waals surface area contributed by atoms with Gasteiger partial charge in [0.25, 0.3) is 0 Å². The summed E-state index contributed by atoms with van der Waals surface area (Å²) in [6, 6.07) is 0.487. The van der Waals surface area contributed by atoms with Gasteiger partial charge >= 0.3 is 0 Å². The van der Waals surface area contributed by atoms with E-state index in [0.717, 1.165) is 30.3 Å². The summed E-state index contributed by atoms with van der Waals surface area (Å²) < 4.78 is 1.84. The number of hydrogen-bond acceptors (Lipinski definition) is 4.